The molecule has 0 fully saturated rings. The SMILES string of the molecule is CCN(C(=O)Nc1c(F)cccc1F)c1ccccc1. The molecule has 0 heterocycles. The second-order valence-corrected chi connectivity index (χ2v) is 4.11. The van der Waals surface area contributed by atoms with Crippen LogP contribution < -0.4 is 10.2 Å². The molecular formula is C15H14F2N2O. The van der Waals surface area contributed by atoms with E-state index in [1.807, 2.05) is 6.07 Å². The molecular weight excluding hydrogens is 262 g/mol. The Morgan fingerprint density at radius 2 is 1.65 bits per heavy atom. The molecule has 2 aromatic carbocycles. The van der Waals surface area contributed by atoms with E-state index >= 15 is 0 Å². The van der Waals surface area contributed by atoms with E-state index < -0.39 is 23.4 Å². The lowest BCUT2D eigenvalue weighted by Gasteiger charge is -2.21. The summed E-state index contributed by atoms with van der Waals surface area (Å²) in [6.07, 6.45) is 0. The molecule has 2 rings (SSSR count). The van der Waals surface area contributed by atoms with Gasteiger partial charge in [-0.25, -0.2) is 13.6 Å². The normalized spacial score (nSPS) is 10.2. The number of anilines is 2. The Morgan fingerprint density at radius 1 is 1.05 bits per heavy atom. The molecule has 0 radical (unpaired) electrons. The first-order chi connectivity index (χ1) is 9.63. The predicted molar refractivity (Wildman–Crippen MR) is 74.8 cm³/mol. The van der Waals surface area contributed by atoms with Gasteiger partial charge in [0.1, 0.15) is 17.3 Å². The molecule has 0 aliphatic heterocycles. The van der Waals surface area contributed by atoms with Crippen LogP contribution in [0.2, 0.25) is 0 Å². The van der Waals surface area contributed by atoms with E-state index in [9.17, 15) is 13.6 Å². The fraction of sp³-hybridized carbons (Fsp3) is 0.133. The van der Waals surface area contributed by atoms with Gasteiger partial charge in [0.05, 0.1) is 0 Å². The zero-order valence-electron chi connectivity index (χ0n) is 10.9. The Morgan fingerprint density at radius 3 is 2.20 bits per heavy atom. The molecule has 5 heteroatoms. The van der Waals surface area contributed by atoms with Crippen molar-refractivity contribution in [2.75, 3.05) is 16.8 Å². The highest BCUT2D eigenvalue weighted by atomic mass is 19.1. The van der Waals surface area contributed by atoms with Crippen LogP contribution in [0.25, 0.3) is 0 Å². The van der Waals surface area contributed by atoms with Gasteiger partial charge in [0.15, 0.2) is 0 Å². The van der Waals surface area contributed by atoms with Crippen molar-refractivity contribution in [2.45, 2.75) is 6.92 Å². The lowest BCUT2D eigenvalue weighted by Crippen LogP contribution is -2.35. The van der Waals surface area contributed by atoms with E-state index in [-0.39, 0.29) is 0 Å². The fourth-order valence-corrected chi connectivity index (χ4v) is 1.84. The molecule has 0 unspecified atom stereocenters. The van der Waals surface area contributed by atoms with Gasteiger partial charge in [-0.3, -0.25) is 4.90 Å². The van der Waals surface area contributed by atoms with Crippen LogP contribution in [0.1, 0.15) is 6.92 Å². The van der Waals surface area contributed by atoms with Gasteiger partial charge < -0.3 is 5.32 Å². The summed E-state index contributed by atoms with van der Waals surface area (Å²) in [6.45, 7) is 2.16. The first kappa shape index (κ1) is 14.0. The summed E-state index contributed by atoms with van der Waals surface area (Å²) in [4.78, 5) is 13.5. The monoisotopic (exact) mass is 276 g/mol. The Balaban J connectivity index is 2.23. The van der Waals surface area contributed by atoms with Gasteiger partial charge >= 0.3 is 6.03 Å². The first-order valence-corrected chi connectivity index (χ1v) is 6.21. The zero-order valence-corrected chi connectivity index (χ0v) is 10.9. The molecule has 0 aliphatic rings. The van der Waals surface area contributed by atoms with Crippen molar-refractivity contribution < 1.29 is 13.6 Å². The maximum absolute atomic E-state index is 13.5. The maximum atomic E-state index is 13.5. The Labute approximate surface area is 115 Å². The molecule has 0 saturated carbocycles. The van der Waals surface area contributed by atoms with E-state index in [0.717, 1.165) is 12.1 Å². The highest BCUT2D eigenvalue weighted by Crippen LogP contribution is 2.20. The standard InChI is InChI=1S/C15H14F2N2O/c1-2-19(11-7-4-3-5-8-11)15(20)18-14-12(16)9-6-10-13(14)17/h3-10H,2H2,1H3,(H,18,20). The number of rotatable bonds is 3. The zero-order chi connectivity index (χ0) is 14.5. The average molecular weight is 276 g/mol. The van der Waals surface area contributed by atoms with Crippen LogP contribution in [0, 0.1) is 11.6 Å². The van der Waals surface area contributed by atoms with Crippen LogP contribution in [0.15, 0.2) is 48.5 Å². The van der Waals surface area contributed by atoms with Gasteiger partial charge in [-0.05, 0) is 31.2 Å². The largest absolute Gasteiger partial charge is 0.326 e. The molecule has 0 aromatic heterocycles. The van der Waals surface area contributed by atoms with Crippen LogP contribution in [0.3, 0.4) is 0 Å². The smallest absolute Gasteiger partial charge is 0.302 e. The van der Waals surface area contributed by atoms with Crippen molar-refractivity contribution in [1.82, 2.24) is 0 Å². The molecule has 1 N–H and O–H groups in total. The third-order valence-electron chi connectivity index (χ3n) is 2.82. The summed E-state index contributed by atoms with van der Waals surface area (Å²) in [6, 6.07) is 11.8. The highest BCUT2D eigenvalue weighted by molar-refractivity contribution is 6.01. The second kappa shape index (κ2) is 6.14. The number of halogens is 2. The third kappa shape index (κ3) is 2.93. The number of carbonyl (C=O) groups is 1. The van der Waals surface area contributed by atoms with Crippen molar-refractivity contribution in [3.63, 3.8) is 0 Å². The van der Waals surface area contributed by atoms with Crippen molar-refractivity contribution >= 4 is 17.4 Å². The Bertz CT molecular complexity index is 582. The summed E-state index contributed by atoms with van der Waals surface area (Å²) in [5, 5.41) is 2.26. The number of hydrogen-bond donors (Lipinski definition) is 1. The summed E-state index contributed by atoms with van der Waals surface area (Å²) >= 11 is 0. The number of nitrogens with one attached hydrogen (secondary N) is 1. The van der Waals surface area contributed by atoms with Crippen molar-refractivity contribution in [2.24, 2.45) is 0 Å². The van der Waals surface area contributed by atoms with Crippen molar-refractivity contribution in [3.05, 3.63) is 60.2 Å². The Hall–Kier alpha value is -2.43. The second-order valence-electron chi connectivity index (χ2n) is 4.11. The van der Waals surface area contributed by atoms with Crippen molar-refractivity contribution in [1.29, 1.82) is 0 Å². The van der Waals surface area contributed by atoms with E-state index in [4.69, 9.17) is 0 Å². The Kier molecular flexibility index (Phi) is 4.30. The van der Waals surface area contributed by atoms with E-state index in [1.165, 1.54) is 11.0 Å². The van der Waals surface area contributed by atoms with Gasteiger partial charge in [-0.1, -0.05) is 24.3 Å². The molecule has 20 heavy (non-hydrogen) atoms. The maximum Gasteiger partial charge on any atom is 0.326 e. The number of hydrogen-bond acceptors (Lipinski definition) is 1. The minimum atomic E-state index is -0.803. The number of para-hydroxylation sites is 2. The van der Waals surface area contributed by atoms with Crippen LogP contribution in [0.4, 0.5) is 25.0 Å². The van der Waals surface area contributed by atoms with Crippen molar-refractivity contribution in [3.8, 4) is 0 Å². The third-order valence-corrected chi connectivity index (χ3v) is 2.82. The lowest BCUT2D eigenvalue weighted by atomic mass is 10.3. The minimum absolute atomic E-state index is 0.381. The number of carbonyl (C=O) groups excluding carboxylic acids is 1. The van der Waals surface area contributed by atoms with Gasteiger partial charge in [-0.2, -0.15) is 0 Å². The summed E-state index contributed by atoms with van der Waals surface area (Å²) in [7, 11) is 0. The van der Waals surface area contributed by atoms with Crippen LogP contribution in [0.5, 0.6) is 0 Å². The first-order valence-electron chi connectivity index (χ1n) is 6.21. The fourth-order valence-electron chi connectivity index (χ4n) is 1.84. The summed E-state index contributed by atoms with van der Waals surface area (Å²) < 4.78 is 27.0. The van der Waals surface area contributed by atoms with Gasteiger partial charge in [0, 0.05) is 12.2 Å². The number of benzene rings is 2. The summed E-state index contributed by atoms with van der Waals surface area (Å²) in [5.74, 6) is -1.61. The van der Waals surface area contributed by atoms with Crippen LogP contribution >= 0.6 is 0 Å². The molecule has 2 amide bonds. The molecule has 0 spiro atoms. The van der Waals surface area contributed by atoms with Gasteiger partial charge in [-0.15, -0.1) is 0 Å². The van der Waals surface area contributed by atoms with E-state index in [2.05, 4.69) is 5.32 Å². The average Bonchev–Trinajstić information content (AvgIpc) is 2.45. The number of amides is 2. The van der Waals surface area contributed by atoms with E-state index in [1.54, 1.807) is 31.2 Å². The minimum Gasteiger partial charge on any atom is -0.302 e. The summed E-state index contributed by atoms with van der Waals surface area (Å²) in [5.41, 5.74) is 0.219. The van der Waals surface area contributed by atoms with Crippen LogP contribution in [-0.4, -0.2) is 12.6 Å². The molecule has 0 aliphatic carbocycles. The van der Waals surface area contributed by atoms with Gasteiger partial charge in [0.25, 0.3) is 0 Å². The molecule has 104 valence electrons. The number of urea groups is 1. The molecule has 0 bridgehead atoms. The molecule has 0 atom stereocenters. The number of nitrogens with zero attached hydrogens (tertiary/aromatic N) is 1. The van der Waals surface area contributed by atoms with Crippen LogP contribution in [-0.2, 0) is 0 Å². The predicted octanol–water partition coefficient (Wildman–Crippen LogP) is 4.02. The highest BCUT2D eigenvalue weighted by Gasteiger charge is 2.17. The quantitative estimate of drug-likeness (QED) is 0.902. The van der Waals surface area contributed by atoms with Gasteiger partial charge in [0.2, 0.25) is 0 Å². The molecule has 2 aromatic rings. The topological polar surface area (TPSA) is 32.3 Å². The lowest BCUT2D eigenvalue weighted by molar-refractivity contribution is 0.257. The molecule has 0 saturated heterocycles. The van der Waals surface area contributed by atoms with E-state index in [0.29, 0.717) is 12.2 Å². The molecule has 3 nitrogen and oxygen atoms in total.